The van der Waals surface area contributed by atoms with Crippen LogP contribution >= 0.6 is 0 Å². The molecule has 0 amide bonds. The second kappa shape index (κ2) is 12.3. The number of para-hydroxylation sites is 4. The minimum Gasteiger partial charge on any atom is -0.436 e. The van der Waals surface area contributed by atoms with E-state index in [1.165, 1.54) is 38.9 Å². The summed E-state index contributed by atoms with van der Waals surface area (Å²) in [4.78, 5) is 9.46. The summed E-state index contributed by atoms with van der Waals surface area (Å²) in [6.45, 7) is 11.6. The van der Waals surface area contributed by atoms with E-state index in [0.717, 1.165) is 55.6 Å². The number of fused-ring (bicyclic) bond motifs is 5. The maximum atomic E-state index is 6.09. The van der Waals surface area contributed by atoms with Gasteiger partial charge in [-0.15, -0.1) is 0 Å². The summed E-state index contributed by atoms with van der Waals surface area (Å²) in [5.41, 5.74) is 18.8. The number of rotatable bonds is 5. The van der Waals surface area contributed by atoms with Gasteiger partial charge in [-0.05, 0) is 139 Å². The highest BCUT2D eigenvalue weighted by Gasteiger charge is 2.36. The van der Waals surface area contributed by atoms with Crippen LogP contribution in [0.5, 0.6) is 0 Å². The highest BCUT2D eigenvalue weighted by molar-refractivity contribution is 5.87. The number of hydrogen-bond donors (Lipinski definition) is 0. The average Bonchev–Trinajstić information content (AvgIpc) is 3.90. The second-order valence-corrected chi connectivity index (χ2v) is 16.3. The molecule has 0 radical (unpaired) electrons. The lowest BCUT2D eigenvalue weighted by molar-refractivity contribution is 0.584. The van der Waals surface area contributed by atoms with Gasteiger partial charge in [-0.2, -0.15) is 0 Å². The molecule has 55 heavy (non-hydrogen) atoms. The summed E-state index contributed by atoms with van der Waals surface area (Å²) in [6.07, 6.45) is 0. The number of benzene rings is 7. The Labute approximate surface area is 321 Å². The molecule has 2 heterocycles. The van der Waals surface area contributed by atoms with Gasteiger partial charge in [-0.3, -0.25) is 0 Å². The largest absolute Gasteiger partial charge is 0.436 e. The first-order chi connectivity index (χ1) is 26.6. The summed E-state index contributed by atoms with van der Waals surface area (Å²) in [7, 11) is 0. The molecule has 0 saturated heterocycles. The van der Waals surface area contributed by atoms with E-state index in [0.29, 0.717) is 11.8 Å². The molecular formula is C51H40N2O2. The SMILES string of the molecule is CC(C)(C)c1ccc2c(c1)C(C)(C)c1cc(-c3cc(-c4ccc(-c5nc6ccccc6o5)cc4)cc(-c4ccc(-c5nc6ccccc6o5)cc4)c3)ccc1-2. The summed E-state index contributed by atoms with van der Waals surface area (Å²) < 4.78 is 12.2. The first kappa shape index (κ1) is 33.1. The predicted molar refractivity (Wildman–Crippen MR) is 225 cm³/mol. The van der Waals surface area contributed by atoms with Crippen molar-refractivity contribution in [2.45, 2.75) is 45.4 Å². The van der Waals surface area contributed by atoms with Crippen LogP contribution in [-0.2, 0) is 10.8 Å². The Bertz CT molecular complexity index is 2720. The van der Waals surface area contributed by atoms with E-state index in [1.54, 1.807) is 0 Å². The van der Waals surface area contributed by atoms with Gasteiger partial charge in [0.2, 0.25) is 11.8 Å². The topological polar surface area (TPSA) is 52.1 Å². The lowest BCUT2D eigenvalue weighted by Gasteiger charge is -2.25. The smallest absolute Gasteiger partial charge is 0.227 e. The van der Waals surface area contributed by atoms with Crippen LogP contribution in [0.2, 0.25) is 0 Å². The monoisotopic (exact) mass is 712 g/mol. The van der Waals surface area contributed by atoms with Gasteiger partial charge in [0.15, 0.2) is 11.2 Å². The maximum Gasteiger partial charge on any atom is 0.227 e. The fourth-order valence-electron chi connectivity index (χ4n) is 8.11. The summed E-state index contributed by atoms with van der Waals surface area (Å²) in [5, 5.41) is 0. The van der Waals surface area contributed by atoms with Gasteiger partial charge in [0, 0.05) is 16.5 Å². The Morgan fingerprint density at radius 3 is 1.33 bits per heavy atom. The van der Waals surface area contributed by atoms with Crippen molar-refractivity contribution in [1.29, 1.82) is 0 Å². The van der Waals surface area contributed by atoms with Gasteiger partial charge in [0.05, 0.1) is 0 Å². The molecule has 7 aromatic carbocycles. The average molecular weight is 713 g/mol. The Morgan fingerprint density at radius 1 is 0.418 bits per heavy atom. The summed E-state index contributed by atoms with van der Waals surface area (Å²) >= 11 is 0. The van der Waals surface area contributed by atoms with E-state index < -0.39 is 0 Å². The predicted octanol–water partition coefficient (Wildman–Crippen LogP) is 13.9. The normalized spacial score (nSPS) is 13.3. The zero-order valence-electron chi connectivity index (χ0n) is 31.6. The second-order valence-electron chi connectivity index (χ2n) is 16.3. The molecule has 4 nitrogen and oxygen atoms in total. The summed E-state index contributed by atoms with van der Waals surface area (Å²) in [5.74, 6) is 1.25. The third kappa shape index (κ3) is 5.68. The molecule has 9 aromatic rings. The molecule has 0 N–H and O–H groups in total. The Morgan fingerprint density at radius 2 is 0.836 bits per heavy atom. The zero-order valence-corrected chi connectivity index (χ0v) is 31.6. The van der Waals surface area contributed by atoms with Crippen molar-refractivity contribution in [2.75, 3.05) is 0 Å². The molecule has 0 spiro atoms. The first-order valence-corrected chi connectivity index (χ1v) is 19.0. The van der Waals surface area contributed by atoms with Crippen LogP contribution in [-0.4, -0.2) is 9.97 Å². The van der Waals surface area contributed by atoms with Gasteiger partial charge in [0.1, 0.15) is 11.0 Å². The van der Waals surface area contributed by atoms with Crippen LogP contribution in [0.15, 0.2) is 160 Å². The van der Waals surface area contributed by atoms with Crippen LogP contribution < -0.4 is 0 Å². The molecule has 0 unspecified atom stereocenters. The van der Waals surface area contributed by atoms with Crippen LogP contribution in [0.4, 0.5) is 0 Å². The van der Waals surface area contributed by atoms with Crippen LogP contribution in [0.25, 0.3) is 89.6 Å². The number of oxazole rings is 2. The minimum atomic E-state index is -0.122. The van der Waals surface area contributed by atoms with E-state index in [2.05, 4.69) is 138 Å². The van der Waals surface area contributed by atoms with Gasteiger partial charge in [-0.1, -0.05) is 113 Å². The molecule has 4 heteroatoms. The summed E-state index contributed by atoms with van der Waals surface area (Å²) in [6, 6.07) is 53.8. The lowest BCUT2D eigenvalue weighted by atomic mass is 9.78. The Kier molecular flexibility index (Phi) is 7.37. The van der Waals surface area contributed by atoms with Crippen LogP contribution in [0.3, 0.4) is 0 Å². The molecule has 1 aliphatic rings. The molecule has 0 aliphatic heterocycles. The number of aromatic nitrogens is 2. The van der Waals surface area contributed by atoms with E-state index >= 15 is 0 Å². The van der Waals surface area contributed by atoms with Gasteiger partial charge in [0.25, 0.3) is 0 Å². The number of nitrogens with zero attached hydrogens (tertiary/aromatic N) is 2. The van der Waals surface area contributed by atoms with Gasteiger partial charge >= 0.3 is 0 Å². The van der Waals surface area contributed by atoms with Crippen LogP contribution in [0.1, 0.15) is 51.3 Å². The maximum absolute atomic E-state index is 6.09. The highest BCUT2D eigenvalue weighted by Crippen LogP contribution is 2.51. The molecular weight excluding hydrogens is 673 g/mol. The van der Waals surface area contributed by atoms with Crippen molar-refractivity contribution in [2.24, 2.45) is 0 Å². The molecule has 2 aromatic heterocycles. The van der Waals surface area contributed by atoms with E-state index in [1.807, 2.05) is 48.5 Å². The van der Waals surface area contributed by atoms with Crippen molar-refractivity contribution in [1.82, 2.24) is 9.97 Å². The Hall–Kier alpha value is -6.52. The van der Waals surface area contributed by atoms with E-state index in [-0.39, 0.29) is 10.8 Å². The number of hydrogen-bond acceptors (Lipinski definition) is 4. The fraction of sp³-hybridized carbons (Fsp3) is 0.137. The van der Waals surface area contributed by atoms with Crippen molar-refractivity contribution in [3.8, 4) is 67.4 Å². The molecule has 1 aliphatic carbocycles. The van der Waals surface area contributed by atoms with Gasteiger partial charge < -0.3 is 8.83 Å². The van der Waals surface area contributed by atoms with Gasteiger partial charge in [-0.25, -0.2) is 9.97 Å². The van der Waals surface area contributed by atoms with Crippen LogP contribution in [0, 0.1) is 0 Å². The lowest BCUT2D eigenvalue weighted by Crippen LogP contribution is -2.17. The third-order valence-electron chi connectivity index (χ3n) is 11.3. The minimum absolute atomic E-state index is 0.0867. The molecule has 0 fully saturated rings. The van der Waals surface area contributed by atoms with Crippen molar-refractivity contribution in [3.63, 3.8) is 0 Å². The van der Waals surface area contributed by atoms with Crippen molar-refractivity contribution in [3.05, 3.63) is 168 Å². The quantitative estimate of drug-likeness (QED) is 0.178. The molecule has 0 atom stereocenters. The molecule has 0 bridgehead atoms. The Balaban J connectivity index is 1.06. The fourth-order valence-corrected chi connectivity index (χ4v) is 8.11. The standard InChI is InChI=1S/C51H40N2O2/c1-50(2,3)39-23-25-41-40-24-22-35(29-42(40)51(4,5)43(41)30-39)38-27-36(31-14-18-33(19-15-31)48-52-44-10-6-8-12-46(44)54-48)26-37(28-38)32-16-20-34(21-17-32)49-53-45-11-7-9-13-47(45)55-49/h6-30H,1-5H3. The first-order valence-electron chi connectivity index (χ1n) is 19.0. The molecule has 266 valence electrons. The third-order valence-corrected chi connectivity index (χ3v) is 11.3. The van der Waals surface area contributed by atoms with E-state index in [4.69, 9.17) is 18.8 Å². The highest BCUT2D eigenvalue weighted by atomic mass is 16.4. The van der Waals surface area contributed by atoms with E-state index in [9.17, 15) is 0 Å². The molecule has 10 rings (SSSR count). The zero-order chi connectivity index (χ0) is 37.5. The molecule has 0 saturated carbocycles. The van der Waals surface area contributed by atoms with Crippen molar-refractivity contribution < 1.29 is 8.83 Å². The van der Waals surface area contributed by atoms with Crippen molar-refractivity contribution >= 4 is 22.2 Å².